The number of hydrogen-bond donors (Lipinski definition) is 2. The smallest absolute Gasteiger partial charge is 0.328 e. The Morgan fingerprint density at radius 3 is 2.20 bits per heavy atom. The van der Waals surface area contributed by atoms with E-state index in [0.717, 1.165) is 34.1 Å². The number of aryl methyl sites for hydroxylation is 1. The van der Waals surface area contributed by atoms with E-state index >= 15 is 0 Å². The highest BCUT2D eigenvalue weighted by atomic mass is 16.5. The van der Waals surface area contributed by atoms with Crippen molar-refractivity contribution in [2.75, 3.05) is 0 Å². The molecule has 4 aromatic rings. The molecule has 0 radical (unpaired) electrons. The summed E-state index contributed by atoms with van der Waals surface area (Å²) in [6, 6.07) is 30.3. The fourth-order valence-electron chi connectivity index (χ4n) is 3.54. The van der Waals surface area contributed by atoms with Crippen LogP contribution in [-0.2, 0) is 11.3 Å². The Morgan fingerprint density at radius 1 is 0.829 bits per heavy atom. The van der Waals surface area contributed by atoms with Crippen LogP contribution in [0.15, 0.2) is 103 Å². The van der Waals surface area contributed by atoms with Gasteiger partial charge in [-0.2, -0.15) is 0 Å². The van der Waals surface area contributed by atoms with Crippen LogP contribution in [0.25, 0.3) is 17.2 Å². The molecule has 0 heterocycles. The number of hydrogen-bond acceptors (Lipinski definition) is 3. The van der Waals surface area contributed by atoms with Crippen molar-refractivity contribution >= 4 is 18.0 Å². The molecular formula is C30H25NO4. The number of amides is 1. The summed E-state index contributed by atoms with van der Waals surface area (Å²) >= 11 is 0. The van der Waals surface area contributed by atoms with Crippen LogP contribution in [0.2, 0.25) is 0 Å². The van der Waals surface area contributed by atoms with Crippen molar-refractivity contribution in [2.24, 2.45) is 0 Å². The summed E-state index contributed by atoms with van der Waals surface area (Å²) in [5.74, 6) is 0.149. The quantitative estimate of drug-likeness (QED) is 0.293. The first-order chi connectivity index (χ1) is 17.0. The monoisotopic (exact) mass is 463 g/mol. The normalized spacial score (nSPS) is 10.8. The van der Waals surface area contributed by atoms with Gasteiger partial charge in [-0.25, -0.2) is 4.79 Å². The highest BCUT2D eigenvalue weighted by molar-refractivity contribution is 5.96. The number of carboxylic acid groups (broad SMARTS) is 1. The van der Waals surface area contributed by atoms with Gasteiger partial charge in [0.1, 0.15) is 11.5 Å². The Hall–Kier alpha value is -4.64. The van der Waals surface area contributed by atoms with E-state index < -0.39 is 5.97 Å². The van der Waals surface area contributed by atoms with Crippen molar-refractivity contribution in [1.29, 1.82) is 0 Å². The Balaban J connectivity index is 1.57. The van der Waals surface area contributed by atoms with E-state index in [9.17, 15) is 9.59 Å². The maximum Gasteiger partial charge on any atom is 0.328 e. The first kappa shape index (κ1) is 23.5. The first-order valence-corrected chi connectivity index (χ1v) is 11.2. The van der Waals surface area contributed by atoms with Crippen molar-refractivity contribution in [3.63, 3.8) is 0 Å². The predicted octanol–water partition coefficient (Wildman–Crippen LogP) is 6.48. The lowest BCUT2D eigenvalue weighted by Crippen LogP contribution is -2.22. The Kier molecular flexibility index (Phi) is 7.38. The summed E-state index contributed by atoms with van der Waals surface area (Å²) in [5, 5.41) is 12.0. The zero-order valence-electron chi connectivity index (χ0n) is 19.3. The van der Waals surface area contributed by atoms with E-state index in [1.165, 1.54) is 6.08 Å². The van der Waals surface area contributed by atoms with Gasteiger partial charge >= 0.3 is 5.97 Å². The average molecular weight is 464 g/mol. The van der Waals surface area contributed by atoms with Crippen LogP contribution < -0.4 is 10.1 Å². The molecule has 0 aliphatic carbocycles. The largest absolute Gasteiger partial charge is 0.478 e. The Morgan fingerprint density at radius 2 is 1.51 bits per heavy atom. The van der Waals surface area contributed by atoms with Gasteiger partial charge in [0.25, 0.3) is 5.91 Å². The number of carboxylic acids is 1. The molecule has 0 atom stereocenters. The second kappa shape index (κ2) is 11.0. The molecule has 0 spiro atoms. The van der Waals surface area contributed by atoms with Gasteiger partial charge in [-0.1, -0.05) is 60.2 Å². The standard InChI is InChI=1S/C30H25NO4/c1-21-7-9-22(10-8-21)20-31-30(34)26-18-23(11-16-29(32)33)17-25(19-26)24-12-14-28(15-13-24)35-27-5-3-2-4-6-27/h2-19H,20H2,1H3,(H,31,34)(H,32,33)/b16-11+. The van der Waals surface area contributed by atoms with Crippen molar-refractivity contribution in [2.45, 2.75) is 13.5 Å². The molecule has 0 bridgehead atoms. The van der Waals surface area contributed by atoms with Crippen LogP contribution in [0.1, 0.15) is 27.0 Å². The molecule has 0 fully saturated rings. The van der Waals surface area contributed by atoms with Crippen LogP contribution in [-0.4, -0.2) is 17.0 Å². The molecule has 0 aromatic heterocycles. The zero-order valence-corrected chi connectivity index (χ0v) is 19.3. The minimum Gasteiger partial charge on any atom is -0.478 e. The van der Waals surface area contributed by atoms with Crippen LogP contribution in [0.4, 0.5) is 0 Å². The maximum absolute atomic E-state index is 12.9. The lowest BCUT2D eigenvalue weighted by molar-refractivity contribution is -0.131. The van der Waals surface area contributed by atoms with Gasteiger partial charge in [-0.05, 0) is 77.7 Å². The van der Waals surface area contributed by atoms with Gasteiger partial charge in [0.05, 0.1) is 0 Å². The third kappa shape index (κ3) is 6.68. The van der Waals surface area contributed by atoms with Crippen LogP contribution in [0.5, 0.6) is 11.5 Å². The van der Waals surface area contributed by atoms with Crippen molar-refractivity contribution < 1.29 is 19.4 Å². The molecule has 4 rings (SSSR count). The summed E-state index contributed by atoms with van der Waals surface area (Å²) in [5.41, 5.74) is 4.90. The number of rotatable bonds is 8. The second-order valence-electron chi connectivity index (χ2n) is 8.12. The second-order valence-corrected chi connectivity index (χ2v) is 8.12. The van der Waals surface area contributed by atoms with E-state index in [-0.39, 0.29) is 5.91 Å². The molecule has 4 aromatic carbocycles. The van der Waals surface area contributed by atoms with Crippen molar-refractivity contribution in [3.05, 3.63) is 125 Å². The number of ether oxygens (including phenoxy) is 1. The molecule has 2 N–H and O–H groups in total. The van der Waals surface area contributed by atoms with Gasteiger partial charge < -0.3 is 15.2 Å². The number of nitrogens with one attached hydrogen (secondary N) is 1. The molecule has 5 heteroatoms. The number of carbonyl (C=O) groups is 2. The van der Waals surface area contributed by atoms with E-state index in [1.807, 2.05) is 91.9 Å². The third-order valence-corrected chi connectivity index (χ3v) is 5.38. The van der Waals surface area contributed by atoms with Gasteiger partial charge in [0.2, 0.25) is 0 Å². The highest BCUT2D eigenvalue weighted by Crippen LogP contribution is 2.27. The predicted molar refractivity (Wildman–Crippen MR) is 137 cm³/mol. The number of benzene rings is 4. The first-order valence-electron chi connectivity index (χ1n) is 11.2. The number of para-hydroxylation sites is 1. The van der Waals surface area contributed by atoms with Crippen LogP contribution >= 0.6 is 0 Å². The molecule has 1 amide bonds. The van der Waals surface area contributed by atoms with Gasteiger partial charge in [0.15, 0.2) is 0 Å². The van der Waals surface area contributed by atoms with Crippen molar-refractivity contribution in [3.8, 4) is 22.6 Å². The van der Waals surface area contributed by atoms with E-state index in [2.05, 4.69) is 5.32 Å². The van der Waals surface area contributed by atoms with Gasteiger partial charge in [-0.15, -0.1) is 0 Å². The lowest BCUT2D eigenvalue weighted by Gasteiger charge is -2.11. The topological polar surface area (TPSA) is 75.6 Å². The summed E-state index contributed by atoms with van der Waals surface area (Å²) in [4.78, 5) is 24.0. The highest BCUT2D eigenvalue weighted by Gasteiger charge is 2.10. The fourth-order valence-corrected chi connectivity index (χ4v) is 3.54. The minimum absolute atomic E-state index is 0.235. The average Bonchev–Trinajstić information content (AvgIpc) is 2.88. The molecular weight excluding hydrogens is 438 g/mol. The van der Waals surface area contributed by atoms with Gasteiger partial charge in [0, 0.05) is 18.2 Å². The fraction of sp³-hybridized carbons (Fsp3) is 0.0667. The Bertz CT molecular complexity index is 1340. The molecule has 0 aliphatic heterocycles. The number of aliphatic carboxylic acids is 1. The Labute approximate surface area is 204 Å². The van der Waals surface area contributed by atoms with Crippen molar-refractivity contribution in [1.82, 2.24) is 5.32 Å². The molecule has 0 aliphatic rings. The lowest BCUT2D eigenvalue weighted by atomic mass is 9.99. The molecule has 174 valence electrons. The molecule has 0 unspecified atom stereocenters. The summed E-state index contributed by atoms with van der Waals surface area (Å²) < 4.78 is 5.86. The van der Waals surface area contributed by atoms with Crippen LogP contribution in [0.3, 0.4) is 0 Å². The van der Waals surface area contributed by atoms with Crippen LogP contribution in [0, 0.1) is 6.92 Å². The minimum atomic E-state index is -1.05. The number of carbonyl (C=O) groups excluding carboxylic acids is 1. The summed E-state index contributed by atoms with van der Waals surface area (Å²) in [6.07, 6.45) is 2.54. The molecule has 0 saturated heterocycles. The molecule has 0 saturated carbocycles. The summed E-state index contributed by atoms with van der Waals surface area (Å²) in [7, 11) is 0. The summed E-state index contributed by atoms with van der Waals surface area (Å²) in [6.45, 7) is 2.41. The van der Waals surface area contributed by atoms with Gasteiger partial charge in [-0.3, -0.25) is 4.79 Å². The third-order valence-electron chi connectivity index (χ3n) is 5.38. The van der Waals surface area contributed by atoms with E-state index in [4.69, 9.17) is 9.84 Å². The van der Waals surface area contributed by atoms with E-state index in [0.29, 0.717) is 23.4 Å². The zero-order chi connectivity index (χ0) is 24.6. The maximum atomic E-state index is 12.9. The van der Waals surface area contributed by atoms with E-state index in [1.54, 1.807) is 12.1 Å². The molecule has 35 heavy (non-hydrogen) atoms. The SMILES string of the molecule is Cc1ccc(CNC(=O)c2cc(/C=C/C(=O)O)cc(-c3ccc(Oc4ccccc4)cc3)c2)cc1. The molecule has 5 nitrogen and oxygen atoms in total.